The maximum Gasteiger partial charge on any atom is 0.231 e. The molecular formula is C11H19NO. The van der Waals surface area contributed by atoms with Crippen LogP contribution in [-0.4, -0.2) is 6.08 Å². The highest BCUT2D eigenvalue weighted by atomic mass is 16.1. The molecule has 0 aliphatic heterocycles. The number of isocyanates is 1. The van der Waals surface area contributed by atoms with Gasteiger partial charge in [0.05, 0.1) is 0 Å². The maximum absolute atomic E-state index is 8.35. The van der Waals surface area contributed by atoms with Crippen LogP contribution in [0.15, 0.2) is 12.2 Å². The molecule has 0 heterocycles. The lowest BCUT2D eigenvalue weighted by molar-refractivity contribution is 0.321. The third kappa shape index (κ3) is 5.37. The van der Waals surface area contributed by atoms with E-state index >= 15 is 0 Å². The highest BCUT2D eigenvalue weighted by Gasteiger charge is 2.17. The van der Waals surface area contributed by atoms with Crippen LogP contribution in [0.1, 0.15) is 39.5 Å². The SMILES string of the molecule is C=C(C)C1CCC(C)CC1.N=C=O. The van der Waals surface area contributed by atoms with Gasteiger partial charge in [-0.3, -0.25) is 0 Å². The molecule has 0 bridgehead atoms. The summed E-state index contributed by atoms with van der Waals surface area (Å²) in [4.78, 5) is 8.35. The number of hydrogen-bond acceptors (Lipinski definition) is 2. The summed E-state index contributed by atoms with van der Waals surface area (Å²) in [6.45, 7) is 8.53. The predicted octanol–water partition coefficient (Wildman–Crippen LogP) is 3.29. The Morgan fingerprint density at radius 2 is 1.77 bits per heavy atom. The van der Waals surface area contributed by atoms with Gasteiger partial charge < -0.3 is 0 Å². The van der Waals surface area contributed by atoms with Gasteiger partial charge >= 0.3 is 0 Å². The van der Waals surface area contributed by atoms with Crippen molar-refractivity contribution in [1.82, 2.24) is 0 Å². The van der Waals surface area contributed by atoms with Gasteiger partial charge in [-0.2, -0.15) is 0 Å². The van der Waals surface area contributed by atoms with E-state index in [9.17, 15) is 0 Å². The molecule has 0 unspecified atom stereocenters. The second-order valence-corrected chi connectivity index (χ2v) is 3.91. The molecule has 2 heteroatoms. The number of nitrogens with one attached hydrogen (secondary N) is 1. The summed E-state index contributed by atoms with van der Waals surface area (Å²) >= 11 is 0. The summed E-state index contributed by atoms with van der Waals surface area (Å²) in [5.74, 6) is 1.81. The maximum atomic E-state index is 8.35. The third-order valence-electron chi connectivity index (χ3n) is 2.71. The van der Waals surface area contributed by atoms with Gasteiger partial charge in [0.2, 0.25) is 6.08 Å². The van der Waals surface area contributed by atoms with Crippen molar-refractivity contribution < 1.29 is 4.79 Å². The van der Waals surface area contributed by atoms with Gasteiger partial charge in [-0.1, -0.05) is 31.9 Å². The average molecular weight is 181 g/mol. The molecule has 1 N–H and O–H groups in total. The summed E-state index contributed by atoms with van der Waals surface area (Å²) in [6.07, 6.45) is 6.35. The Labute approximate surface area is 80.5 Å². The number of hydrogen-bond donors (Lipinski definition) is 1. The Kier molecular flexibility index (Phi) is 6.17. The molecule has 1 aliphatic rings. The summed E-state index contributed by atoms with van der Waals surface area (Å²) < 4.78 is 0. The Hall–Kier alpha value is -0.880. The fourth-order valence-corrected chi connectivity index (χ4v) is 1.75. The second-order valence-electron chi connectivity index (χ2n) is 3.91. The standard InChI is InChI=1S/C10H18.CHNO/c1-8(2)10-6-4-9(3)5-7-10;2-1-3/h9-10H,1,4-7H2,2-3H3;2H. The molecule has 0 aromatic heterocycles. The predicted molar refractivity (Wildman–Crippen MR) is 54.3 cm³/mol. The molecule has 0 aromatic carbocycles. The van der Waals surface area contributed by atoms with Crippen LogP contribution in [0.3, 0.4) is 0 Å². The summed E-state index contributed by atoms with van der Waals surface area (Å²) in [5, 5.41) is 5.40. The molecule has 1 aliphatic carbocycles. The monoisotopic (exact) mass is 181 g/mol. The molecule has 0 aromatic rings. The molecule has 1 rings (SSSR count). The lowest BCUT2D eigenvalue weighted by Crippen LogP contribution is -2.12. The van der Waals surface area contributed by atoms with Gasteiger partial charge in [-0.15, -0.1) is 0 Å². The van der Waals surface area contributed by atoms with Crippen LogP contribution >= 0.6 is 0 Å². The molecule has 74 valence electrons. The lowest BCUT2D eigenvalue weighted by atomic mass is 9.80. The largest absolute Gasteiger partial charge is 0.231 e. The van der Waals surface area contributed by atoms with Crippen molar-refractivity contribution in [3.05, 3.63) is 12.2 Å². The van der Waals surface area contributed by atoms with E-state index in [1.807, 2.05) is 0 Å². The minimum absolute atomic E-state index is 0.750. The first-order valence-corrected chi connectivity index (χ1v) is 4.81. The Morgan fingerprint density at radius 1 is 1.38 bits per heavy atom. The zero-order valence-electron chi connectivity index (χ0n) is 8.60. The number of allylic oxidation sites excluding steroid dienone is 1. The first-order chi connectivity index (χ1) is 6.11. The zero-order chi connectivity index (χ0) is 10.3. The summed E-state index contributed by atoms with van der Waals surface area (Å²) in [5.41, 5.74) is 1.40. The van der Waals surface area contributed by atoms with E-state index < -0.39 is 0 Å². The Bertz CT molecular complexity index is 184. The van der Waals surface area contributed by atoms with Gasteiger partial charge in [0, 0.05) is 0 Å². The van der Waals surface area contributed by atoms with Crippen LogP contribution in [0.25, 0.3) is 0 Å². The van der Waals surface area contributed by atoms with Crippen molar-refractivity contribution in [1.29, 1.82) is 5.41 Å². The first-order valence-electron chi connectivity index (χ1n) is 4.81. The minimum Gasteiger partial charge on any atom is -0.222 e. The van der Waals surface area contributed by atoms with E-state index in [-0.39, 0.29) is 0 Å². The van der Waals surface area contributed by atoms with Crippen LogP contribution in [0.5, 0.6) is 0 Å². The quantitative estimate of drug-likeness (QED) is 0.376. The first kappa shape index (κ1) is 12.1. The van der Waals surface area contributed by atoms with Crippen LogP contribution < -0.4 is 0 Å². The van der Waals surface area contributed by atoms with Crippen molar-refractivity contribution >= 4 is 6.08 Å². The normalized spacial score (nSPS) is 26.6. The minimum atomic E-state index is 0.750. The fraction of sp³-hybridized carbons (Fsp3) is 0.727. The van der Waals surface area contributed by atoms with Crippen LogP contribution in [-0.2, 0) is 4.79 Å². The van der Waals surface area contributed by atoms with Crippen LogP contribution in [0.4, 0.5) is 0 Å². The van der Waals surface area contributed by atoms with Gasteiger partial charge in [0.15, 0.2) is 0 Å². The van der Waals surface area contributed by atoms with E-state index in [2.05, 4.69) is 20.4 Å². The van der Waals surface area contributed by atoms with Crippen molar-refractivity contribution in [2.45, 2.75) is 39.5 Å². The molecular weight excluding hydrogens is 162 g/mol. The Balaban J connectivity index is 0.000000424. The zero-order valence-corrected chi connectivity index (χ0v) is 8.60. The van der Waals surface area contributed by atoms with Crippen LogP contribution in [0, 0.1) is 17.2 Å². The van der Waals surface area contributed by atoms with Crippen molar-refractivity contribution in [2.24, 2.45) is 11.8 Å². The lowest BCUT2D eigenvalue weighted by Gasteiger charge is -2.26. The molecule has 0 saturated heterocycles. The van der Waals surface area contributed by atoms with Gasteiger partial charge in [-0.25, -0.2) is 10.2 Å². The van der Waals surface area contributed by atoms with Gasteiger partial charge in [-0.05, 0) is 31.6 Å². The fourth-order valence-electron chi connectivity index (χ4n) is 1.75. The van der Waals surface area contributed by atoms with E-state index in [0.717, 1.165) is 17.9 Å². The number of rotatable bonds is 1. The highest BCUT2D eigenvalue weighted by molar-refractivity contribution is 5.26. The second kappa shape index (κ2) is 6.62. The molecule has 1 saturated carbocycles. The van der Waals surface area contributed by atoms with E-state index in [1.165, 1.54) is 31.3 Å². The molecule has 2 nitrogen and oxygen atoms in total. The van der Waals surface area contributed by atoms with E-state index in [0.29, 0.717) is 0 Å². The summed E-state index contributed by atoms with van der Waals surface area (Å²) in [7, 11) is 0. The molecule has 13 heavy (non-hydrogen) atoms. The van der Waals surface area contributed by atoms with Crippen molar-refractivity contribution in [2.75, 3.05) is 0 Å². The molecule has 1 fully saturated rings. The smallest absolute Gasteiger partial charge is 0.222 e. The average Bonchev–Trinajstić information content (AvgIpc) is 2.06. The topological polar surface area (TPSA) is 40.9 Å². The molecule has 0 spiro atoms. The third-order valence-corrected chi connectivity index (χ3v) is 2.71. The van der Waals surface area contributed by atoms with Crippen molar-refractivity contribution in [3.63, 3.8) is 0 Å². The van der Waals surface area contributed by atoms with Gasteiger partial charge in [0.25, 0.3) is 0 Å². The Morgan fingerprint density at radius 3 is 2.08 bits per heavy atom. The molecule has 0 radical (unpaired) electrons. The van der Waals surface area contributed by atoms with Crippen LogP contribution in [0.2, 0.25) is 0 Å². The number of carbonyl (C=O) groups excluding carboxylic acids is 1. The van der Waals surface area contributed by atoms with Gasteiger partial charge in [0.1, 0.15) is 0 Å². The highest BCUT2D eigenvalue weighted by Crippen LogP contribution is 2.31. The summed E-state index contributed by atoms with van der Waals surface area (Å²) in [6, 6.07) is 0. The molecule has 0 amide bonds. The van der Waals surface area contributed by atoms with E-state index in [4.69, 9.17) is 10.2 Å². The molecule has 0 atom stereocenters. The van der Waals surface area contributed by atoms with Crippen molar-refractivity contribution in [3.8, 4) is 0 Å². The van der Waals surface area contributed by atoms with E-state index in [1.54, 1.807) is 0 Å².